The highest BCUT2D eigenvalue weighted by atomic mass is 31.2. The summed E-state index contributed by atoms with van der Waals surface area (Å²) >= 11 is 0. The average Bonchev–Trinajstić information content (AvgIpc) is 3.32. The number of likely N-dealkylation sites (N-methyl/N-ethyl adjacent to an activating group) is 1. The Labute approximate surface area is 434 Å². The predicted octanol–water partition coefficient (Wildman–Crippen LogP) is 17.9. The zero-order chi connectivity index (χ0) is 51.3. The van der Waals surface area contributed by atoms with E-state index in [1.54, 1.807) is 6.08 Å². The quantitative estimate of drug-likeness (QED) is 0.0243. The maximum Gasteiger partial charge on any atom is 0.472 e. The number of unbranched alkanes of at least 4 members (excludes halogenated alkanes) is 30. The first kappa shape index (κ1) is 67.9. The summed E-state index contributed by atoms with van der Waals surface area (Å²) < 4.78 is 23.7. The van der Waals surface area contributed by atoms with E-state index >= 15 is 0 Å². The van der Waals surface area contributed by atoms with Gasteiger partial charge < -0.3 is 19.8 Å². The lowest BCUT2D eigenvalue weighted by Gasteiger charge is -2.25. The van der Waals surface area contributed by atoms with E-state index in [0.29, 0.717) is 17.4 Å². The zero-order valence-electron chi connectivity index (χ0n) is 46.5. The molecule has 9 heteroatoms. The normalized spacial score (nSPS) is 14.4. The molecule has 70 heavy (non-hydrogen) atoms. The maximum atomic E-state index is 13.0. The van der Waals surface area contributed by atoms with Crippen molar-refractivity contribution in [2.24, 2.45) is 0 Å². The van der Waals surface area contributed by atoms with E-state index in [4.69, 9.17) is 9.05 Å². The van der Waals surface area contributed by atoms with Gasteiger partial charge in [-0.05, 0) is 83.5 Å². The number of aliphatic hydroxyl groups excluding tert-OH is 1. The molecule has 0 aliphatic heterocycles. The number of carbonyl (C=O) groups excluding carboxylic acids is 1. The summed E-state index contributed by atoms with van der Waals surface area (Å²) in [6.07, 6.45) is 71.5. The number of nitrogens with one attached hydrogen (secondary N) is 1. The van der Waals surface area contributed by atoms with Crippen molar-refractivity contribution in [3.8, 4) is 0 Å². The Morgan fingerprint density at radius 2 is 0.829 bits per heavy atom. The van der Waals surface area contributed by atoms with Gasteiger partial charge in [-0.15, -0.1) is 0 Å². The number of hydrogen-bond donors (Lipinski definition) is 3. The molecule has 3 atom stereocenters. The molecular formula is C61H114N2O6P+. The molecule has 0 aromatic heterocycles. The van der Waals surface area contributed by atoms with Crippen LogP contribution >= 0.6 is 7.82 Å². The van der Waals surface area contributed by atoms with Gasteiger partial charge in [-0.3, -0.25) is 13.8 Å². The van der Waals surface area contributed by atoms with Gasteiger partial charge in [0.25, 0.3) is 0 Å². The highest BCUT2D eigenvalue weighted by Crippen LogP contribution is 2.43. The summed E-state index contributed by atoms with van der Waals surface area (Å²) in [5.41, 5.74) is 0. The van der Waals surface area contributed by atoms with Crippen molar-refractivity contribution in [3.05, 3.63) is 72.9 Å². The van der Waals surface area contributed by atoms with Gasteiger partial charge in [0.15, 0.2) is 0 Å². The lowest BCUT2D eigenvalue weighted by molar-refractivity contribution is -0.870. The molecule has 3 unspecified atom stereocenters. The van der Waals surface area contributed by atoms with Crippen molar-refractivity contribution in [1.82, 2.24) is 5.32 Å². The molecule has 3 N–H and O–H groups in total. The van der Waals surface area contributed by atoms with Gasteiger partial charge in [0.1, 0.15) is 13.2 Å². The first-order valence-corrected chi connectivity index (χ1v) is 30.8. The van der Waals surface area contributed by atoms with Crippen LogP contribution in [-0.4, -0.2) is 73.4 Å². The Hall–Kier alpha value is -2.06. The molecule has 1 amide bonds. The summed E-state index contributed by atoms with van der Waals surface area (Å²) in [5, 5.41) is 13.9. The average molecular weight is 1000 g/mol. The molecule has 0 saturated carbocycles. The molecule has 408 valence electrons. The number of quaternary nitrogens is 1. The SMILES string of the molecule is CCCCCCC/C=C\C/C=C\C/C=C\CCCCCCCCCCCCC(=O)NC(COP(=O)(O)OCC[N+](C)(C)C)C(O)/C=C/CC/C=C/CC/C=C/CCCCCCCCCCCCCCC. The number of rotatable bonds is 53. The molecule has 0 aliphatic carbocycles. The second-order valence-electron chi connectivity index (χ2n) is 21.0. The van der Waals surface area contributed by atoms with E-state index in [9.17, 15) is 19.4 Å². The molecule has 0 radical (unpaired) electrons. The van der Waals surface area contributed by atoms with E-state index < -0.39 is 20.0 Å². The third-order valence-corrected chi connectivity index (χ3v) is 13.9. The Morgan fingerprint density at radius 3 is 1.24 bits per heavy atom. The van der Waals surface area contributed by atoms with Crippen molar-refractivity contribution in [2.45, 2.75) is 270 Å². The van der Waals surface area contributed by atoms with E-state index in [2.05, 4.69) is 79.9 Å². The van der Waals surface area contributed by atoms with Crippen molar-refractivity contribution in [3.63, 3.8) is 0 Å². The van der Waals surface area contributed by atoms with E-state index in [-0.39, 0.29) is 19.1 Å². The summed E-state index contributed by atoms with van der Waals surface area (Å²) in [6, 6.07) is -0.876. The molecule has 0 heterocycles. The number of allylic oxidation sites excluding steroid dienone is 11. The number of aliphatic hydroxyl groups is 1. The number of carbonyl (C=O) groups is 1. The van der Waals surface area contributed by atoms with Crippen LogP contribution in [0.3, 0.4) is 0 Å². The van der Waals surface area contributed by atoms with Gasteiger partial charge >= 0.3 is 7.82 Å². The van der Waals surface area contributed by atoms with Crippen LogP contribution in [0.1, 0.15) is 258 Å². The smallest absolute Gasteiger partial charge is 0.387 e. The molecule has 0 fully saturated rings. The Balaban J connectivity index is 4.30. The van der Waals surface area contributed by atoms with Crippen molar-refractivity contribution >= 4 is 13.7 Å². The third-order valence-electron chi connectivity index (χ3n) is 12.9. The second kappa shape index (κ2) is 51.8. The van der Waals surface area contributed by atoms with Crippen LogP contribution in [0.5, 0.6) is 0 Å². The predicted molar refractivity (Wildman–Crippen MR) is 304 cm³/mol. The number of phosphoric acid groups is 1. The fourth-order valence-electron chi connectivity index (χ4n) is 8.26. The minimum absolute atomic E-state index is 0.0501. The second-order valence-corrected chi connectivity index (χ2v) is 22.4. The van der Waals surface area contributed by atoms with E-state index in [0.717, 1.165) is 57.8 Å². The zero-order valence-corrected chi connectivity index (χ0v) is 47.4. The Morgan fingerprint density at radius 1 is 0.486 bits per heavy atom. The molecule has 0 saturated heterocycles. The maximum absolute atomic E-state index is 13.0. The summed E-state index contributed by atoms with van der Waals surface area (Å²) in [4.78, 5) is 23.3. The van der Waals surface area contributed by atoms with Crippen molar-refractivity contribution < 1.29 is 32.9 Å². The van der Waals surface area contributed by atoms with Gasteiger partial charge in [0.2, 0.25) is 5.91 Å². The Bertz CT molecular complexity index is 1370. The first-order valence-electron chi connectivity index (χ1n) is 29.3. The number of phosphoric ester groups is 1. The van der Waals surface area contributed by atoms with Crippen LogP contribution in [0.2, 0.25) is 0 Å². The van der Waals surface area contributed by atoms with Gasteiger partial charge in [0.05, 0.1) is 39.9 Å². The molecule has 0 spiro atoms. The third kappa shape index (κ3) is 53.7. The number of hydrogen-bond acceptors (Lipinski definition) is 5. The standard InChI is InChI=1S/C61H113N2O6P/c1-6-8-10-12-14-16-18-20-22-24-26-28-30-31-33-35-37-39-41-43-45-47-49-51-53-55-61(65)62-59(58-69-70(66,67)68-57-56-63(3,4)5)60(64)54-52-50-48-46-44-42-40-38-36-34-32-29-27-25-23-21-19-17-15-13-11-9-7-2/h18,20,24,26,30-31,36,38,44,46,52,54,59-60,64H,6-17,19,21-23,25,27-29,32-35,37,39-43,45,47-51,53,55-58H2,1-5H3,(H-,62,65,66,67)/p+1/b20-18-,26-24-,31-30-,38-36+,46-44+,54-52+. The summed E-state index contributed by atoms with van der Waals surface area (Å²) in [6.45, 7) is 4.79. The molecule has 0 bridgehead atoms. The molecule has 0 aromatic rings. The molecule has 8 nitrogen and oxygen atoms in total. The highest BCUT2D eigenvalue weighted by Gasteiger charge is 2.27. The fraction of sp³-hybridized carbons (Fsp3) is 0.787. The van der Waals surface area contributed by atoms with Gasteiger partial charge in [-0.1, -0.05) is 241 Å². The lowest BCUT2D eigenvalue weighted by Crippen LogP contribution is -2.45. The minimum Gasteiger partial charge on any atom is -0.387 e. The molecule has 0 rings (SSSR count). The van der Waals surface area contributed by atoms with Gasteiger partial charge in [-0.25, -0.2) is 4.57 Å². The highest BCUT2D eigenvalue weighted by molar-refractivity contribution is 7.47. The minimum atomic E-state index is -4.36. The van der Waals surface area contributed by atoms with Gasteiger partial charge in [-0.2, -0.15) is 0 Å². The lowest BCUT2D eigenvalue weighted by atomic mass is 10.0. The van der Waals surface area contributed by atoms with E-state index in [1.807, 2.05) is 27.2 Å². The van der Waals surface area contributed by atoms with Crippen LogP contribution in [0.25, 0.3) is 0 Å². The topological polar surface area (TPSA) is 105 Å². The fourth-order valence-corrected chi connectivity index (χ4v) is 8.99. The Kier molecular flexibility index (Phi) is 50.3. The van der Waals surface area contributed by atoms with Gasteiger partial charge in [0, 0.05) is 6.42 Å². The monoisotopic (exact) mass is 1000 g/mol. The molecule has 0 aliphatic rings. The van der Waals surface area contributed by atoms with Crippen LogP contribution in [0.15, 0.2) is 72.9 Å². The van der Waals surface area contributed by atoms with E-state index in [1.165, 1.54) is 180 Å². The first-order chi connectivity index (χ1) is 34.0. The van der Waals surface area contributed by atoms with Crippen LogP contribution in [0, 0.1) is 0 Å². The summed E-state index contributed by atoms with van der Waals surface area (Å²) in [5.74, 6) is -0.195. The molecular weight excluding hydrogens is 888 g/mol. The van der Waals surface area contributed by atoms with Crippen molar-refractivity contribution in [2.75, 3.05) is 40.9 Å². The van der Waals surface area contributed by atoms with Crippen LogP contribution < -0.4 is 5.32 Å². The van der Waals surface area contributed by atoms with Crippen LogP contribution in [-0.2, 0) is 18.4 Å². The summed E-state index contributed by atoms with van der Waals surface area (Å²) in [7, 11) is 1.54. The van der Waals surface area contributed by atoms with Crippen LogP contribution in [0.4, 0.5) is 0 Å². The number of nitrogens with zero attached hydrogens (tertiary/aromatic N) is 1. The van der Waals surface area contributed by atoms with Crippen molar-refractivity contribution in [1.29, 1.82) is 0 Å². The largest absolute Gasteiger partial charge is 0.472 e. The molecule has 0 aromatic carbocycles. The number of amides is 1.